The molecule has 4 heteroatoms. The van der Waals surface area contributed by atoms with E-state index in [-0.39, 0.29) is 0 Å². The SMILES string of the molecule is Cc1cc(CN2CC[C@H]3[C@H]2CCN3CCN(C)C)oc1C. The number of fused-ring (bicyclic) bond motifs is 1. The molecule has 2 aliphatic heterocycles. The van der Waals surface area contributed by atoms with Crippen LogP contribution in [0, 0.1) is 13.8 Å². The lowest BCUT2D eigenvalue weighted by molar-refractivity contribution is 0.197. The largest absolute Gasteiger partial charge is 0.465 e. The minimum absolute atomic E-state index is 0.734. The van der Waals surface area contributed by atoms with Crippen molar-refractivity contribution in [3.63, 3.8) is 0 Å². The van der Waals surface area contributed by atoms with Crippen molar-refractivity contribution in [3.05, 3.63) is 23.2 Å². The molecule has 0 spiro atoms. The number of hydrogen-bond donors (Lipinski definition) is 0. The zero-order valence-corrected chi connectivity index (χ0v) is 13.9. The summed E-state index contributed by atoms with van der Waals surface area (Å²) in [5.41, 5.74) is 1.28. The third-order valence-corrected chi connectivity index (χ3v) is 5.22. The zero-order valence-electron chi connectivity index (χ0n) is 13.9. The molecule has 1 aromatic rings. The maximum atomic E-state index is 5.87. The van der Waals surface area contributed by atoms with Crippen molar-refractivity contribution in [2.75, 3.05) is 40.3 Å². The molecule has 118 valence electrons. The third-order valence-electron chi connectivity index (χ3n) is 5.22. The number of likely N-dealkylation sites (tertiary alicyclic amines) is 2. The Hall–Kier alpha value is -0.840. The lowest BCUT2D eigenvalue weighted by atomic mass is 10.1. The van der Waals surface area contributed by atoms with Crippen LogP contribution in [0.2, 0.25) is 0 Å². The molecule has 0 amide bonds. The molecule has 0 saturated carbocycles. The summed E-state index contributed by atoms with van der Waals surface area (Å²) < 4.78 is 5.87. The van der Waals surface area contributed by atoms with Crippen LogP contribution in [0.25, 0.3) is 0 Å². The summed E-state index contributed by atoms with van der Waals surface area (Å²) in [5.74, 6) is 2.21. The summed E-state index contributed by atoms with van der Waals surface area (Å²) in [6.45, 7) is 10.0. The molecule has 0 bridgehead atoms. The van der Waals surface area contributed by atoms with E-state index in [0.717, 1.165) is 30.1 Å². The lowest BCUT2D eigenvalue weighted by Crippen LogP contribution is -2.39. The van der Waals surface area contributed by atoms with Gasteiger partial charge in [-0.2, -0.15) is 0 Å². The Morgan fingerprint density at radius 2 is 1.81 bits per heavy atom. The quantitative estimate of drug-likeness (QED) is 0.829. The Balaban J connectivity index is 1.58. The molecule has 0 unspecified atom stereocenters. The summed E-state index contributed by atoms with van der Waals surface area (Å²) in [6.07, 6.45) is 2.63. The monoisotopic (exact) mass is 291 g/mol. The molecular formula is C17H29N3O. The average molecular weight is 291 g/mol. The molecule has 3 rings (SSSR count). The first-order valence-corrected chi connectivity index (χ1v) is 8.23. The van der Waals surface area contributed by atoms with Crippen LogP contribution in [0.15, 0.2) is 10.5 Å². The summed E-state index contributed by atoms with van der Waals surface area (Å²) in [6, 6.07) is 3.71. The van der Waals surface area contributed by atoms with Crippen LogP contribution < -0.4 is 0 Å². The molecule has 0 radical (unpaired) electrons. The Kier molecular flexibility index (Phi) is 4.38. The minimum Gasteiger partial charge on any atom is -0.465 e. The van der Waals surface area contributed by atoms with E-state index in [9.17, 15) is 0 Å². The molecule has 2 fully saturated rings. The maximum Gasteiger partial charge on any atom is 0.118 e. The van der Waals surface area contributed by atoms with Gasteiger partial charge in [0, 0.05) is 38.3 Å². The predicted octanol–water partition coefficient (Wildman–Crippen LogP) is 2.11. The van der Waals surface area contributed by atoms with Gasteiger partial charge in [-0.05, 0) is 52.4 Å². The van der Waals surface area contributed by atoms with Crippen molar-refractivity contribution in [2.45, 2.75) is 45.3 Å². The first kappa shape index (κ1) is 15.1. The molecule has 4 nitrogen and oxygen atoms in total. The van der Waals surface area contributed by atoms with Crippen LogP contribution in [0.3, 0.4) is 0 Å². The fourth-order valence-corrected chi connectivity index (χ4v) is 3.89. The fourth-order valence-electron chi connectivity index (χ4n) is 3.89. The summed E-state index contributed by atoms with van der Waals surface area (Å²) in [4.78, 5) is 7.62. The van der Waals surface area contributed by atoms with Gasteiger partial charge in [-0.1, -0.05) is 0 Å². The smallest absolute Gasteiger partial charge is 0.118 e. The van der Waals surface area contributed by atoms with Gasteiger partial charge in [0.05, 0.1) is 6.54 Å². The Labute approximate surface area is 128 Å². The topological polar surface area (TPSA) is 22.9 Å². The molecule has 21 heavy (non-hydrogen) atoms. The molecule has 2 atom stereocenters. The van der Waals surface area contributed by atoms with Gasteiger partial charge in [-0.25, -0.2) is 0 Å². The first-order chi connectivity index (χ1) is 10.0. The second-order valence-corrected chi connectivity index (χ2v) is 6.97. The van der Waals surface area contributed by atoms with E-state index in [1.54, 1.807) is 0 Å². The van der Waals surface area contributed by atoms with Crippen LogP contribution in [0.4, 0.5) is 0 Å². The van der Waals surface area contributed by atoms with Gasteiger partial charge in [0.2, 0.25) is 0 Å². The minimum atomic E-state index is 0.734. The van der Waals surface area contributed by atoms with Gasteiger partial charge in [0.25, 0.3) is 0 Å². The number of furan rings is 1. The second-order valence-electron chi connectivity index (χ2n) is 6.97. The van der Waals surface area contributed by atoms with Crippen LogP contribution >= 0.6 is 0 Å². The second kappa shape index (κ2) is 6.11. The van der Waals surface area contributed by atoms with Gasteiger partial charge in [-0.3, -0.25) is 9.80 Å². The van der Waals surface area contributed by atoms with Crippen LogP contribution in [-0.2, 0) is 6.54 Å². The number of rotatable bonds is 5. The maximum absolute atomic E-state index is 5.87. The Bertz CT molecular complexity index is 463. The highest BCUT2D eigenvalue weighted by molar-refractivity contribution is 5.19. The number of nitrogens with zero attached hydrogens (tertiary/aromatic N) is 3. The molecule has 1 aromatic heterocycles. The summed E-state index contributed by atoms with van der Waals surface area (Å²) in [5, 5.41) is 0. The normalized spacial score (nSPS) is 26.9. The van der Waals surface area contributed by atoms with Crippen molar-refractivity contribution >= 4 is 0 Å². The van der Waals surface area contributed by atoms with Crippen molar-refractivity contribution < 1.29 is 4.42 Å². The van der Waals surface area contributed by atoms with Crippen molar-refractivity contribution in [2.24, 2.45) is 0 Å². The van der Waals surface area contributed by atoms with Gasteiger partial charge in [0.15, 0.2) is 0 Å². The highest BCUT2D eigenvalue weighted by Gasteiger charge is 2.42. The lowest BCUT2D eigenvalue weighted by Gasteiger charge is -2.26. The van der Waals surface area contributed by atoms with Gasteiger partial charge in [-0.15, -0.1) is 0 Å². The Morgan fingerprint density at radius 3 is 2.43 bits per heavy atom. The number of likely N-dealkylation sites (N-methyl/N-ethyl adjacent to an activating group) is 1. The molecule has 3 heterocycles. The van der Waals surface area contributed by atoms with Crippen molar-refractivity contribution in [3.8, 4) is 0 Å². The molecular weight excluding hydrogens is 262 g/mol. The third kappa shape index (κ3) is 3.17. The van der Waals surface area contributed by atoms with Crippen molar-refractivity contribution in [1.82, 2.24) is 14.7 Å². The Morgan fingerprint density at radius 1 is 1.14 bits per heavy atom. The fraction of sp³-hybridized carbons (Fsp3) is 0.765. The number of hydrogen-bond acceptors (Lipinski definition) is 4. The van der Waals surface area contributed by atoms with Crippen LogP contribution in [0.5, 0.6) is 0 Å². The summed E-state index contributed by atoms with van der Waals surface area (Å²) in [7, 11) is 4.33. The van der Waals surface area contributed by atoms with Gasteiger partial charge >= 0.3 is 0 Å². The van der Waals surface area contributed by atoms with Gasteiger partial charge in [0.1, 0.15) is 11.5 Å². The average Bonchev–Trinajstić information content (AvgIpc) is 3.06. The summed E-state index contributed by atoms with van der Waals surface area (Å²) >= 11 is 0. The molecule has 2 saturated heterocycles. The molecule has 0 N–H and O–H groups in total. The van der Waals surface area contributed by atoms with Crippen molar-refractivity contribution in [1.29, 1.82) is 0 Å². The predicted molar refractivity (Wildman–Crippen MR) is 85.5 cm³/mol. The van der Waals surface area contributed by atoms with Crippen LogP contribution in [-0.4, -0.2) is 67.1 Å². The van der Waals surface area contributed by atoms with E-state index in [4.69, 9.17) is 4.42 Å². The van der Waals surface area contributed by atoms with Crippen LogP contribution in [0.1, 0.15) is 29.9 Å². The highest BCUT2D eigenvalue weighted by Crippen LogP contribution is 2.32. The molecule has 0 aromatic carbocycles. The van der Waals surface area contributed by atoms with Gasteiger partial charge < -0.3 is 9.32 Å². The van der Waals surface area contributed by atoms with E-state index in [1.807, 2.05) is 0 Å². The van der Waals surface area contributed by atoms with E-state index in [0.29, 0.717) is 0 Å². The van der Waals surface area contributed by atoms with E-state index < -0.39 is 0 Å². The number of aryl methyl sites for hydroxylation is 2. The first-order valence-electron chi connectivity index (χ1n) is 8.23. The standard InChI is InChI=1S/C17H29N3O/c1-13-11-15(21-14(13)2)12-20-8-6-16-17(20)5-7-19(16)10-9-18(3)4/h11,16-17H,5-10,12H2,1-4H3/t16-,17+/m0/s1. The zero-order chi connectivity index (χ0) is 15.0. The molecule has 0 aliphatic carbocycles. The van der Waals surface area contributed by atoms with E-state index in [2.05, 4.69) is 48.7 Å². The highest BCUT2D eigenvalue weighted by atomic mass is 16.3. The molecule has 2 aliphatic rings. The van der Waals surface area contributed by atoms with E-state index in [1.165, 1.54) is 44.6 Å². The van der Waals surface area contributed by atoms with E-state index >= 15 is 0 Å².